The van der Waals surface area contributed by atoms with E-state index >= 15 is 0 Å². The predicted molar refractivity (Wildman–Crippen MR) is 227 cm³/mol. The Labute approximate surface area is 336 Å². The Kier molecular flexibility index (Phi) is 4.94. The highest BCUT2D eigenvalue weighted by Crippen LogP contribution is 2.63. The zero-order valence-corrected chi connectivity index (χ0v) is 29.6. The third-order valence-electron chi connectivity index (χ3n) is 11.4. The van der Waals surface area contributed by atoms with Crippen LogP contribution in [-0.2, 0) is 5.41 Å². The molecule has 2 heterocycles. The first kappa shape index (κ1) is 23.4. The van der Waals surface area contributed by atoms with Crippen LogP contribution in [0.5, 0.6) is 0 Å². The second-order valence-electron chi connectivity index (χ2n) is 14.2. The molecule has 12 rings (SSSR count). The number of nitrogens with zero attached hydrogens (tertiary/aromatic N) is 2. The second-order valence-corrected chi connectivity index (χ2v) is 14.2. The smallest absolute Gasteiger partial charge is 0.180 e. The van der Waals surface area contributed by atoms with E-state index < -0.39 is 59.8 Å². The van der Waals surface area contributed by atoms with Crippen LogP contribution in [0, 0.1) is 0 Å². The fourth-order valence-electron chi connectivity index (χ4n) is 9.02. The molecular weight excluding hydrogens is 681 g/mol. The lowest BCUT2D eigenvalue weighted by atomic mass is 9.70. The molecule has 0 atom stereocenters. The molecule has 0 saturated heterocycles. The number of fused-ring (bicyclic) bond motifs is 13. The van der Waals surface area contributed by atoms with E-state index in [1.165, 1.54) is 50.8 Å². The van der Waals surface area contributed by atoms with Crippen molar-refractivity contribution in [1.29, 1.82) is 0 Å². The largest absolute Gasteiger partial charge is 0.452 e. The minimum absolute atomic E-state index is 0.0152. The third kappa shape index (κ3) is 4.34. The van der Waals surface area contributed by atoms with Gasteiger partial charge in [0.1, 0.15) is 23.1 Å². The van der Waals surface area contributed by atoms with Gasteiger partial charge >= 0.3 is 0 Å². The molecule has 56 heavy (non-hydrogen) atoms. The van der Waals surface area contributed by atoms with Crippen molar-refractivity contribution in [3.8, 4) is 66.9 Å². The molecule has 0 aliphatic heterocycles. The van der Waals surface area contributed by atoms with Crippen molar-refractivity contribution in [1.82, 2.24) is 9.97 Å². The Morgan fingerprint density at radius 1 is 0.429 bits per heavy atom. The lowest BCUT2D eigenvalue weighted by molar-refractivity contribution is 0.667. The van der Waals surface area contributed by atoms with E-state index in [2.05, 4.69) is 108 Å². The summed E-state index contributed by atoms with van der Waals surface area (Å²) in [5, 5.41) is 0.574. The number of aromatic nitrogens is 2. The first-order valence-electron chi connectivity index (χ1n) is 22.9. The van der Waals surface area contributed by atoms with Gasteiger partial charge in [-0.3, -0.25) is 0 Å². The summed E-state index contributed by atoms with van der Waals surface area (Å²) in [6.45, 7) is 0. The maximum Gasteiger partial charge on any atom is 0.180 e. The summed E-state index contributed by atoms with van der Waals surface area (Å²) in [7, 11) is 0. The third-order valence-corrected chi connectivity index (χ3v) is 11.4. The monoisotopic (exact) mass is 721 g/mol. The molecule has 3 nitrogen and oxygen atoms in total. The number of rotatable bonds is 4. The van der Waals surface area contributed by atoms with Crippen molar-refractivity contribution in [2.24, 2.45) is 0 Å². The van der Waals surface area contributed by atoms with Gasteiger partial charge in [0.05, 0.1) is 17.8 Å². The zero-order chi connectivity index (χ0) is 44.6. The SMILES string of the molecule is [2H]c1c([2H])c([2H])c(-c2c([2H])c([2H])c(-c3ccc4oc5c(-c6cccc(-c7ccc8c(c7)-c7ccccc7C87c8ccccc8-c8ccccc87)c6)ncnc5c4c3)c([2H])c2[2H])c([2H])c1[2H]. The fourth-order valence-corrected chi connectivity index (χ4v) is 9.02. The van der Waals surface area contributed by atoms with Crippen LogP contribution in [0.15, 0.2) is 199 Å². The molecule has 0 radical (unpaired) electrons. The average Bonchev–Trinajstić information content (AvgIpc) is 3.97. The van der Waals surface area contributed by atoms with Crippen LogP contribution in [0.1, 0.15) is 34.6 Å². The summed E-state index contributed by atoms with van der Waals surface area (Å²) in [4.78, 5) is 9.31. The Bertz CT molecular complexity index is 3640. The highest BCUT2D eigenvalue weighted by molar-refractivity contribution is 6.08. The van der Waals surface area contributed by atoms with E-state index in [0.29, 0.717) is 33.3 Å². The molecule has 0 N–H and O–H groups in total. The molecule has 0 fully saturated rings. The molecule has 1 spiro atoms. The van der Waals surface area contributed by atoms with E-state index in [4.69, 9.17) is 21.7 Å². The van der Waals surface area contributed by atoms with Gasteiger partial charge in [-0.15, -0.1) is 0 Å². The van der Waals surface area contributed by atoms with E-state index in [-0.39, 0.29) is 16.7 Å². The first-order valence-corrected chi connectivity index (χ1v) is 18.4. The normalized spacial score (nSPS) is 15.4. The topological polar surface area (TPSA) is 38.9 Å². The van der Waals surface area contributed by atoms with Gasteiger partial charge in [-0.05, 0) is 102 Å². The molecule has 0 amide bonds. The van der Waals surface area contributed by atoms with Gasteiger partial charge in [-0.25, -0.2) is 9.97 Å². The zero-order valence-electron chi connectivity index (χ0n) is 38.6. The summed E-state index contributed by atoms with van der Waals surface area (Å²) >= 11 is 0. The first-order chi connectivity index (χ1) is 31.5. The van der Waals surface area contributed by atoms with Crippen molar-refractivity contribution in [3.63, 3.8) is 0 Å². The van der Waals surface area contributed by atoms with Crippen molar-refractivity contribution >= 4 is 22.1 Å². The van der Waals surface area contributed by atoms with Crippen LogP contribution >= 0.6 is 0 Å². The molecule has 3 heteroatoms. The summed E-state index contributed by atoms with van der Waals surface area (Å²) in [6.07, 6.45) is 1.47. The molecule has 10 aromatic rings. The summed E-state index contributed by atoms with van der Waals surface area (Å²) in [5.41, 5.74) is 14.1. The maximum absolute atomic E-state index is 9.01. The predicted octanol–water partition coefficient (Wildman–Crippen LogP) is 13.4. The maximum atomic E-state index is 9.01. The van der Waals surface area contributed by atoms with Crippen molar-refractivity contribution in [2.45, 2.75) is 5.41 Å². The van der Waals surface area contributed by atoms with Crippen LogP contribution in [0.2, 0.25) is 0 Å². The van der Waals surface area contributed by atoms with Gasteiger partial charge in [-0.1, -0.05) is 164 Å². The van der Waals surface area contributed by atoms with Gasteiger partial charge in [0.15, 0.2) is 5.58 Å². The number of hydrogen-bond acceptors (Lipinski definition) is 3. The van der Waals surface area contributed by atoms with Gasteiger partial charge in [0.2, 0.25) is 0 Å². The van der Waals surface area contributed by atoms with Gasteiger partial charge < -0.3 is 4.42 Å². The molecule has 2 aliphatic carbocycles. The van der Waals surface area contributed by atoms with Gasteiger partial charge in [0, 0.05) is 10.9 Å². The van der Waals surface area contributed by atoms with Crippen molar-refractivity contribution in [2.75, 3.05) is 0 Å². The summed E-state index contributed by atoms with van der Waals surface area (Å²) in [5.74, 6) is 0. The Morgan fingerprint density at radius 2 is 0.982 bits per heavy atom. The van der Waals surface area contributed by atoms with Crippen LogP contribution in [0.4, 0.5) is 0 Å². The minimum atomic E-state index is -0.628. The van der Waals surface area contributed by atoms with E-state index in [9.17, 15) is 0 Å². The fraction of sp³-hybridized carbons (Fsp3) is 0.0189. The van der Waals surface area contributed by atoms with Crippen LogP contribution in [0.25, 0.3) is 89.0 Å². The molecule has 0 saturated carbocycles. The van der Waals surface area contributed by atoms with Gasteiger partial charge in [-0.2, -0.15) is 0 Å². The molecule has 2 aliphatic rings. The Morgan fingerprint density at radius 3 is 1.70 bits per heavy atom. The molecular formula is C53H32N2O. The standard InChI is InChI=1S/C53H32N2O/c1-2-11-33(12-3-1)34-21-23-35(24-22-34)37-26-28-49-44(31-37)51-52(56-49)50(54-32-55-51)39-14-10-13-36(29-39)38-25-27-48-43(30-38)42-17-6-9-20-47(42)53(48)45-18-7-4-15-40(45)41-16-5-8-19-46(41)53/h1-32H/i1D,2D,3D,11D,12D,21D,22D,23D,24D. The molecule has 2 aromatic heterocycles. The molecule has 0 unspecified atom stereocenters. The number of benzene rings is 8. The molecule has 260 valence electrons. The van der Waals surface area contributed by atoms with Crippen LogP contribution in [0.3, 0.4) is 0 Å². The quantitative estimate of drug-likeness (QED) is 0.182. The van der Waals surface area contributed by atoms with E-state index in [1.54, 1.807) is 18.2 Å². The van der Waals surface area contributed by atoms with Gasteiger partial charge in [0.25, 0.3) is 0 Å². The summed E-state index contributed by atoms with van der Waals surface area (Å²) < 4.78 is 83.4. The van der Waals surface area contributed by atoms with Crippen LogP contribution < -0.4 is 0 Å². The van der Waals surface area contributed by atoms with E-state index in [0.717, 1.165) is 16.7 Å². The molecule has 8 aromatic carbocycles. The number of furan rings is 1. The Hall–Kier alpha value is -7.36. The van der Waals surface area contributed by atoms with Crippen molar-refractivity contribution < 1.29 is 16.8 Å². The molecule has 0 bridgehead atoms. The lowest BCUT2D eigenvalue weighted by Crippen LogP contribution is -2.25. The lowest BCUT2D eigenvalue weighted by Gasteiger charge is -2.30. The average molecular weight is 722 g/mol. The van der Waals surface area contributed by atoms with E-state index in [1.807, 2.05) is 12.1 Å². The minimum Gasteiger partial charge on any atom is -0.452 e. The highest BCUT2D eigenvalue weighted by atomic mass is 16.3. The summed E-state index contributed by atoms with van der Waals surface area (Å²) in [6, 6.07) is 41.3. The Balaban J connectivity index is 0.953. The second kappa shape index (κ2) is 11.8. The highest BCUT2D eigenvalue weighted by Gasteiger charge is 2.51. The number of hydrogen-bond donors (Lipinski definition) is 0. The van der Waals surface area contributed by atoms with Crippen molar-refractivity contribution in [3.05, 3.63) is 216 Å². The van der Waals surface area contributed by atoms with Crippen LogP contribution in [-0.4, -0.2) is 9.97 Å².